The van der Waals surface area contributed by atoms with Crippen molar-refractivity contribution in [1.82, 2.24) is 4.98 Å². The number of hydrogen-bond acceptors (Lipinski definition) is 1. The van der Waals surface area contributed by atoms with Crippen molar-refractivity contribution in [2.24, 2.45) is 0 Å². The number of halogens is 2. The van der Waals surface area contributed by atoms with Crippen LogP contribution in [0.5, 0.6) is 0 Å². The van der Waals surface area contributed by atoms with Crippen LogP contribution in [-0.4, -0.2) is 4.98 Å². The highest BCUT2D eigenvalue weighted by Crippen LogP contribution is 2.27. The van der Waals surface area contributed by atoms with E-state index in [-0.39, 0.29) is 5.82 Å². The standard InChI is InChI=1S/C12H9BrFN/c1-8-6-11(13)12(14)7-10(8)9-2-4-15-5-3-9/h2-7H,1H3. The van der Waals surface area contributed by atoms with Gasteiger partial charge in [-0.3, -0.25) is 4.98 Å². The summed E-state index contributed by atoms with van der Waals surface area (Å²) in [5.74, 6) is -0.243. The molecule has 0 spiro atoms. The number of aryl methyl sites for hydroxylation is 1. The van der Waals surface area contributed by atoms with Crippen LogP contribution in [0.1, 0.15) is 5.56 Å². The zero-order valence-corrected chi connectivity index (χ0v) is 9.75. The molecule has 0 unspecified atom stereocenters. The third-order valence-electron chi connectivity index (χ3n) is 2.26. The van der Waals surface area contributed by atoms with Gasteiger partial charge in [0.2, 0.25) is 0 Å². The predicted octanol–water partition coefficient (Wildman–Crippen LogP) is 3.96. The van der Waals surface area contributed by atoms with Crippen LogP contribution in [0.15, 0.2) is 41.1 Å². The highest BCUT2D eigenvalue weighted by atomic mass is 79.9. The maximum Gasteiger partial charge on any atom is 0.138 e. The van der Waals surface area contributed by atoms with Gasteiger partial charge < -0.3 is 0 Å². The first-order valence-corrected chi connectivity index (χ1v) is 5.34. The van der Waals surface area contributed by atoms with Crippen molar-refractivity contribution in [3.8, 4) is 11.1 Å². The van der Waals surface area contributed by atoms with Crippen molar-refractivity contribution in [3.63, 3.8) is 0 Å². The molecule has 0 saturated heterocycles. The fraction of sp³-hybridized carbons (Fsp3) is 0.0833. The summed E-state index contributed by atoms with van der Waals surface area (Å²) in [5.41, 5.74) is 2.92. The van der Waals surface area contributed by atoms with E-state index in [2.05, 4.69) is 20.9 Å². The largest absolute Gasteiger partial charge is 0.265 e. The van der Waals surface area contributed by atoms with Crippen molar-refractivity contribution >= 4 is 15.9 Å². The Morgan fingerprint density at radius 1 is 1.20 bits per heavy atom. The Morgan fingerprint density at radius 3 is 2.53 bits per heavy atom. The lowest BCUT2D eigenvalue weighted by Gasteiger charge is -2.07. The van der Waals surface area contributed by atoms with Gasteiger partial charge in [0.05, 0.1) is 4.47 Å². The minimum Gasteiger partial charge on any atom is -0.265 e. The summed E-state index contributed by atoms with van der Waals surface area (Å²) in [4.78, 5) is 3.94. The van der Waals surface area contributed by atoms with Gasteiger partial charge in [0.1, 0.15) is 5.82 Å². The van der Waals surface area contributed by atoms with Crippen LogP contribution in [0.25, 0.3) is 11.1 Å². The Balaban J connectivity index is 2.59. The summed E-state index contributed by atoms with van der Waals surface area (Å²) in [5, 5.41) is 0. The number of aromatic nitrogens is 1. The third-order valence-corrected chi connectivity index (χ3v) is 2.87. The molecule has 15 heavy (non-hydrogen) atoms. The van der Waals surface area contributed by atoms with Gasteiger partial charge >= 0.3 is 0 Å². The van der Waals surface area contributed by atoms with E-state index in [9.17, 15) is 4.39 Å². The molecule has 2 rings (SSSR count). The number of benzene rings is 1. The Bertz CT molecular complexity index is 482. The molecule has 1 aromatic carbocycles. The average molecular weight is 266 g/mol. The number of rotatable bonds is 1. The normalized spacial score (nSPS) is 10.3. The maximum absolute atomic E-state index is 13.4. The van der Waals surface area contributed by atoms with E-state index < -0.39 is 0 Å². The highest BCUT2D eigenvalue weighted by Gasteiger charge is 2.06. The van der Waals surface area contributed by atoms with Gasteiger partial charge in [-0.25, -0.2) is 4.39 Å². The lowest BCUT2D eigenvalue weighted by atomic mass is 10.0. The molecule has 0 saturated carbocycles. The lowest BCUT2D eigenvalue weighted by Crippen LogP contribution is -1.87. The molecule has 0 fully saturated rings. The summed E-state index contributed by atoms with van der Waals surface area (Å²) in [6.45, 7) is 1.96. The van der Waals surface area contributed by atoms with Gasteiger partial charge in [0, 0.05) is 12.4 Å². The van der Waals surface area contributed by atoms with E-state index in [4.69, 9.17) is 0 Å². The second-order valence-corrected chi connectivity index (χ2v) is 4.17. The van der Waals surface area contributed by atoms with Gasteiger partial charge in [-0.05, 0) is 63.8 Å². The zero-order valence-electron chi connectivity index (χ0n) is 8.17. The Labute approximate surface area is 96.1 Å². The number of pyridine rings is 1. The minimum absolute atomic E-state index is 0.243. The van der Waals surface area contributed by atoms with Crippen LogP contribution in [0.4, 0.5) is 4.39 Å². The molecular weight excluding hydrogens is 257 g/mol. The Morgan fingerprint density at radius 2 is 1.87 bits per heavy atom. The summed E-state index contributed by atoms with van der Waals surface area (Å²) >= 11 is 3.17. The van der Waals surface area contributed by atoms with Crippen LogP contribution in [0, 0.1) is 12.7 Å². The highest BCUT2D eigenvalue weighted by molar-refractivity contribution is 9.10. The lowest BCUT2D eigenvalue weighted by molar-refractivity contribution is 0.621. The summed E-state index contributed by atoms with van der Waals surface area (Å²) in [6.07, 6.45) is 3.41. The van der Waals surface area contributed by atoms with Gasteiger partial charge in [0.15, 0.2) is 0 Å². The second-order valence-electron chi connectivity index (χ2n) is 3.32. The second kappa shape index (κ2) is 4.11. The molecule has 0 aliphatic heterocycles. The van der Waals surface area contributed by atoms with E-state index in [0.29, 0.717) is 4.47 Å². The molecule has 0 N–H and O–H groups in total. The summed E-state index contributed by atoms with van der Waals surface area (Å²) in [7, 11) is 0. The molecule has 0 amide bonds. The molecule has 0 aliphatic carbocycles. The van der Waals surface area contributed by atoms with Crippen molar-refractivity contribution in [3.05, 3.63) is 52.5 Å². The summed E-state index contributed by atoms with van der Waals surface area (Å²) < 4.78 is 13.9. The predicted molar refractivity (Wildman–Crippen MR) is 62.1 cm³/mol. The molecule has 1 nitrogen and oxygen atoms in total. The summed E-state index contributed by atoms with van der Waals surface area (Å²) in [6, 6.07) is 7.06. The fourth-order valence-electron chi connectivity index (χ4n) is 1.49. The van der Waals surface area contributed by atoms with E-state index in [1.165, 1.54) is 6.07 Å². The van der Waals surface area contributed by atoms with Crippen LogP contribution in [0.2, 0.25) is 0 Å². The first kappa shape index (κ1) is 10.3. The molecule has 0 radical (unpaired) electrons. The molecule has 1 heterocycles. The van der Waals surface area contributed by atoms with E-state index in [1.54, 1.807) is 18.5 Å². The van der Waals surface area contributed by atoms with E-state index in [1.807, 2.05) is 19.1 Å². The Kier molecular flexibility index (Phi) is 2.82. The molecule has 3 heteroatoms. The van der Waals surface area contributed by atoms with Gasteiger partial charge in [-0.2, -0.15) is 0 Å². The van der Waals surface area contributed by atoms with E-state index in [0.717, 1.165) is 16.7 Å². The van der Waals surface area contributed by atoms with Gasteiger partial charge in [-0.1, -0.05) is 0 Å². The molecule has 0 bridgehead atoms. The van der Waals surface area contributed by atoms with Crippen molar-refractivity contribution in [2.45, 2.75) is 6.92 Å². The zero-order chi connectivity index (χ0) is 10.8. The molecule has 76 valence electrons. The van der Waals surface area contributed by atoms with Gasteiger partial charge in [0.25, 0.3) is 0 Å². The smallest absolute Gasteiger partial charge is 0.138 e. The first-order chi connectivity index (χ1) is 7.18. The van der Waals surface area contributed by atoms with Crippen LogP contribution >= 0.6 is 15.9 Å². The molecule has 1 aromatic heterocycles. The third kappa shape index (κ3) is 2.07. The van der Waals surface area contributed by atoms with E-state index >= 15 is 0 Å². The van der Waals surface area contributed by atoms with Crippen LogP contribution in [0.3, 0.4) is 0 Å². The SMILES string of the molecule is Cc1cc(Br)c(F)cc1-c1ccncc1. The van der Waals surface area contributed by atoms with Crippen molar-refractivity contribution in [1.29, 1.82) is 0 Å². The first-order valence-electron chi connectivity index (χ1n) is 4.54. The molecule has 2 aromatic rings. The Hall–Kier alpha value is -1.22. The molecule has 0 atom stereocenters. The topological polar surface area (TPSA) is 12.9 Å². The number of nitrogens with zero attached hydrogens (tertiary/aromatic N) is 1. The van der Waals surface area contributed by atoms with Crippen molar-refractivity contribution < 1.29 is 4.39 Å². The fourth-order valence-corrected chi connectivity index (χ4v) is 1.95. The minimum atomic E-state index is -0.243. The monoisotopic (exact) mass is 265 g/mol. The van der Waals surface area contributed by atoms with Crippen molar-refractivity contribution in [2.75, 3.05) is 0 Å². The van der Waals surface area contributed by atoms with Gasteiger partial charge in [-0.15, -0.1) is 0 Å². The number of hydrogen-bond donors (Lipinski definition) is 0. The molecular formula is C12H9BrFN. The molecule has 0 aliphatic rings. The average Bonchev–Trinajstić information content (AvgIpc) is 2.25. The maximum atomic E-state index is 13.4. The quantitative estimate of drug-likeness (QED) is 0.761. The van der Waals surface area contributed by atoms with Crippen LogP contribution < -0.4 is 0 Å². The van der Waals surface area contributed by atoms with Crippen LogP contribution in [-0.2, 0) is 0 Å².